The number of benzene rings is 2. The van der Waals surface area contributed by atoms with Crippen LogP contribution in [0.2, 0.25) is 0 Å². The lowest BCUT2D eigenvalue weighted by molar-refractivity contribution is -0.148. The fraction of sp³-hybridized carbons (Fsp3) is 0.333. The predicted octanol–water partition coefficient (Wildman–Crippen LogP) is 1.76. The molecule has 2 aromatic rings. The van der Waals surface area contributed by atoms with Crippen molar-refractivity contribution in [3.8, 4) is 5.75 Å². The van der Waals surface area contributed by atoms with Crippen molar-refractivity contribution in [3.63, 3.8) is 0 Å². The van der Waals surface area contributed by atoms with Crippen molar-refractivity contribution >= 4 is 35.5 Å². The lowest BCUT2D eigenvalue weighted by Gasteiger charge is -2.22. The van der Waals surface area contributed by atoms with E-state index in [1.807, 2.05) is 50.5 Å². The Morgan fingerprint density at radius 3 is 2.24 bits per heavy atom. The predicted molar refractivity (Wildman–Crippen MR) is 144 cm³/mol. The number of nitrogen functional groups attached to an aromatic ring is 1. The molecular formula is C27H36N4O7. The number of hydrogen-bond acceptors (Lipinski definition) is 8. The molecule has 0 aromatic heterocycles. The van der Waals surface area contributed by atoms with Crippen LogP contribution in [0.1, 0.15) is 24.5 Å². The summed E-state index contributed by atoms with van der Waals surface area (Å²) in [6.45, 7) is 3.57. The average Bonchev–Trinajstić information content (AvgIpc) is 2.87. The summed E-state index contributed by atoms with van der Waals surface area (Å²) in [6, 6.07) is 14.7. The van der Waals surface area contributed by atoms with Gasteiger partial charge in [-0.3, -0.25) is 14.4 Å². The molecule has 0 aliphatic rings. The highest BCUT2D eigenvalue weighted by Gasteiger charge is 2.18. The van der Waals surface area contributed by atoms with Crippen molar-refractivity contribution in [1.82, 2.24) is 9.80 Å². The number of esters is 1. The van der Waals surface area contributed by atoms with E-state index in [1.165, 1.54) is 11.0 Å². The number of nitrogens with two attached hydrogens (primary N) is 2. The molecule has 0 saturated carbocycles. The van der Waals surface area contributed by atoms with Gasteiger partial charge in [-0.25, -0.2) is 4.79 Å². The number of carboxylic acid groups (broad SMARTS) is 1. The van der Waals surface area contributed by atoms with Gasteiger partial charge in [-0.2, -0.15) is 0 Å². The lowest BCUT2D eigenvalue weighted by atomic mass is 10.1. The standard InChI is InChI=1S/C25H33N3O4.C2H3NO3/c1-4-31-25(30)19-28(24(29)15-12-20-10-13-22(26)14-11-20)18-21-8-5-6-9-23(21)32-17-7-16-27(2)3;3-1(4)2(5)6/h5-6,8-15H,4,7,16-19,26H2,1-3H3;(H2,3,4)(H,5,6). The minimum absolute atomic E-state index is 0.145. The molecule has 5 N–H and O–H groups in total. The van der Waals surface area contributed by atoms with Gasteiger partial charge in [0.25, 0.3) is 0 Å². The second-order valence-electron chi connectivity index (χ2n) is 8.28. The van der Waals surface area contributed by atoms with Crippen molar-refractivity contribution < 1.29 is 33.8 Å². The summed E-state index contributed by atoms with van der Waals surface area (Å²) in [7, 11) is 4.04. The lowest BCUT2D eigenvalue weighted by Crippen LogP contribution is -2.35. The molecule has 0 fully saturated rings. The zero-order chi connectivity index (χ0) is 28.5. The number of rotatable bonds is 12. The van der Waals surface area contributed by atoms with E-state index in [0.29, 0.717) is 18.0 Å². The third-order valence-electron chi connectivity index (χ3n) is 4.84. The van der Waals surface area contributed by atoms with Crippen LogP contribution in [0.4, 0.5) is 5.69 Å². The summed E-state index contributed by atoms with van der Waals surface area (Å²) in [5, 5.41) is 7.52. The first kappa shape index (κ1) is 31.6. The highest BCUT2D eigenvalue weighted by Crippen LogP contribution is 2.21. The second-order valence-corrected chi connectivity index (χ2v) is 8.28. The number of aliphatic carboxylic acids is 1. The Bertz CT molecular complexity index is 1070. The molecule has 0 spiro atoms. The van der Waals surface area contributed by atoms with Gasteiger partial charge in [-0.15, -0.1) is 0 Å². The van der Waals surface area contributed by atoms with E-state index in [9.17, 15) is 19.2 Å². The summed E-state index contributed by atoms with van der Waals surface area (Å²) in [4.78, 5) is 47.2. The van der Waals surface area contributed by atoms with Crippen LogP contribution in [0, 0.1) is 0 Å². The molecule has 0 aliphatic carbocycles. The molecular weight excluding hydrogens is 492 g/mol. The van der Waals surface area contributed by atoms with E-state index >= 15 is 0 Å². The monoisotopic (exact) mass is 528 g/mol. The molecule has 2 amide bonds. The number of carbonyl (C=O) groups is 4. The van der Waals surface area contributed by atoms with Crippen LogP contribution in [-0.2, 0) is 30.5 Å². The van der Waals surface area contributed by atoms with Crippen LogP contribution in [0.15, 0.2) is 54.6 Å². The molecule has 11 heteroatoms. The van der Waals surface area contributed by atoms with Crippen LogP contribution in [0.3, 0.4) is 0 Å². The van der Waals surface area contributed by atoms with Crippen LogP contribution in [-0.4, -0.2) is 79.1 Å². The van der Waals surface area contributed by atoms with E-state index in [2.05, 4.69) is 10.6 Å². The van der Waals surface area contributed by atoms with Gasteiger partial charge in [-0.1, -0.05) is 30.3 Å². The molecule has 38 heavy (non-hydrogen) atoms. The number of carbonyl (C=O) groups excluding carboxylic acids is 3. The van der Waals surface area contributed by atoms with Crippen molar-refractivity contribution in [2.24, 2.45) is 5.73 Å². The normalized spacial score (nSPS) is 10.4. The van der Waals surface area contributed by atoms with Crippen LogP contribution in [0.25, 0.3) is 6.08 Å². The summed E-state index contributed by atoms with van der Waals surface area (Å²) >= 11 is 0. The maximum atomic E-state index is 12.9. The summed E-state index contributed by atoms with van der Waals surface area (Å²) in [5.41, 5.74) is 12.2. The smallest absolute Gasteiger partial charge is 0.394 e. The van der Waals surface area contributed by atoms with Crippen molar-refractivity contribution in [1.29, 1.82) is 0 Å². The number of nitrogens with zero attached hydrogens (tertiary/aromatic N) is 2. The number of para-hydroxylation sites is 1. The van der Waals surface area contributed by atoms with Gasteiger partial charge >= 0.3 is 17.8 Å². The number of carboxylic acids is 1. The Labute approximate surface area is 222 Å². The Hall–Kier alpha value is -4.38. The van der Waals surface area contributed by atoms with Gasteiger partial charge in [0, 0.05) is 23.9 Å². The van der Waals surface area contributed by atoms with E-state index in [-0.39, 0.29) is 25.6 Å². The van der Waals surface area contributed by atoms with Gasteiger partial charge in [0.15, 0.2) is 0 Å². The number of ether oxygens (including phenoxy) is 2. The maximum Gasteiger partial charge on any atom is 0.394 e. The quantitative estimate of drug-likeness (QED) is 0.122. The first-order chi connectivity index (χ1) is 18.0. The van der Waals surface area contributed by atoms with Crippen LogP contribution >= 0.6 is 0 Å². The largest absolute Gasteiger partial charge is 0.493 e. The average molecular weight is 529 g/mol. The number of amides is 2. The van der Waals surface area contributed by atoms with E-state index in [0.717, 1.165) is 24.1 Å². The zero-order valence-corrected chi connectivity index (χ0v) is 22.0. The number of hydrogen-bond donors (Lipinski definition) is 3. The Morgan fingerprint density at radius 1 is 1.03 bits per heavy atom. The SMILES string of the molecule is CCOC(=O)CN(Cc1ccccc1OCCCN(C)C)C(=O)C=Cc1ccc(N)cc1.NC(=O)C(=O)O. The first-order valence-corrected chi connectivity index (χ1v) is 11.9. The molecule has 0 aliphatic heterocycles. The third kappa shape index (κ3) is 13.1. The highest BCUT2D eigenvalue weighted by molar-refractivity contribution is 6.30. The molecule has 2 rings (SSSR count). The van der Waals surface area contributed by atoms with E-state index < -0.39 is 17.8 Å². The molecule has 2 aromatic carbocycles. The van der Waals surface area contributed by atoms with Crippen molar-refractivity contribution in [2.45, 2.75) is 19.9 Å². The molecule has 0 heterocycles. The van der Waals surface area contributed by atoms with E-state index in [1.54, 1.807) is 25.1 Å². The van der Waals surface area contributed by atoms with Gasteiger partial charge in [0.1, 0.15) is 12.3 Å². The fourth-order valence-corrected chi connectivity index (χ4v) is 3.00. The maximum absolute atomic E-state index is 12.9. The molecule has 0 saturated heterocycles. The van der Waals surface area contributed by atoms with Gasteiger partial charge in [0.05, 0.1) is 19.8 Å². The third-order valence-corrected chi connectivity index (χ3v) is 4.84. The Kier molecular flexibility index (Phi) is 14.3. The first-order valence-electron chi connectivity index (χ1n) is 11.9. The topological polar surface area (TPSA) is 165 Å². The van der Waals surface area contributed by atoms with Crippen molar-refractivity contribution in [2.75, 3.05) is 46.1 Å². The molecule has 11 nitrogen and oxygen atoms in total. The molecule has 206 valence electrons. The second kappa shape index (κ2) is 17.1. The fourth-order valence-electron chi connectivity index (χ4n) is 3.00. The Morgan fingerprint density at radius 2 is 1.66 bits per heavy atom. The molecule has 0 atom stereocenters. The summed E-state index contributed by atoms with van der Waals surface area (Å²) in [6.07, 6.45) is 4.03. The van der Waals surface area contributed by atoms with Gasteiger partial charge in [0.2, 0.25) is 5.91 Å². The van der Waals surface area contributed by atoms with Crippen LogP contribution in [0.5, 0.6) is 5.75 Å². The Balaban J connectivity index is 0.00000107. The summed E-state index contributed by atoms with van der Waals surface area (Å²) < 4.78 is 11.0. The van der Waals surface area contributed by atoms with E-state index in [4.69, 9.17) is 20.3 Å². The molecule has 0 unspecified atom stereocenters. The van der Waals surface area contributed by atoms with Crippen molar-refractivity contribution in [3.05, 3.63) is 65.7 Å². The number of anilines is 1. The highest BCUT2D eigenvalue weighted by atomic mass is 16.5. The minimum atomic E-state index is -1.60. The summed E-state index contributed by atoms with van der Waals surface area (Å²) in [5.74, 6) is -2.97. The molecule has 0 bridgehead atoms. The van der Waals surface area contributed by atoms with Gasteiger partial charge in [-0.05, 0) is 57.3 Å². The number of primary amides is 1. The molecule has 0 radical (unpaired) electrons. The minimum Gasteiger partial charge on any atom is -0.493 e. The zero-order valence-electron chi connectivity index (χ0n) is 22.0. The van der Waals surface area contributed by atoms with Gasteiger partial charge < -0.3 is 35.8 Å². The van der Waals surface area contributed by atoms with Crippen LogP contribution < -0.4 is 16.2 Å².